The summed E-state index contributed by atoms with van der Waals surface area (Å²) >= 11 is 17.3. The SMILES string of the molecule is O=C(COC(=O)c1cc(Cl)ccc1Cl)Nc1ccc(Cl)cn1. The minimum absolute atomic E-state index is 0.0894. The third-order valence-corrected chi connectivity index (χ3v) is 3.27. The number of rotatable bonds is 4. The van der Waals surface area contributed by atoms with Gasteiger partial charge in [-0.1, -0.05) is 34.8 Å². The zero-order valence-electron chi connectivity index (χ0n) is 11.0. The predicted octanol–water partition coefficient (Wildman–Crippen LogP) is 3.84. The topological polar surface area (TPSA) is 68.3 Å². The molecule has 0 bridgehead atoms. The van der Waals surface area contributed by atoms with Crippen LogP contribution in [-0.4, -0.2) is 23.5 Å². The molecule has 0 saturated heterocycles. The smallest absolute Gasteiger partial charge is 0.340 e. The minimum atomic E-state index is -0.744. The molecule has 0 aliphatic carbocycles. The van der Waals surface area contributed by atoms with Gasteiger partial charge in [-0.15, -0.1) is 0 Å². The van der Waals surface area contributed by atoms with Crippen LogP contribution in [0.25, 0.3) is 0 Å². The lowest BCUT2D eigenvalue weighted by atomic mass is 10.2. The summed E-state index contributed by atoms with van der Waals surface area (Å²) in [5, 5.41) is 3.43. The molecule has 0 spiro atoms. The number of ether oxygens (including phenoxy) is 1. The average Bonchev–Trinajstić information content (AvgIpc) is 2.49. The van der Waals surface area contributed by atoms with E-state index in [2.05, 4.69) is 10.3 Å². The number of carbonyl (C=O) groups is 2. The van der Waals surface area contributed by atoms with E-state index >= 15 is 0 Å². The van der Waals surface area contributed by atoms with E-state index < -0.39 is 18.5 Å². The Balaban J connectivity index is 1.91. The van der Waals surface area contributed by atoms with Crippen LogP contribution in [0.3, 0.4) is 0 Å². The lowest BCUT2D eigenvalue weighted by Crippen LogP contribution is -2.21. The maximum atomic E-state index is 11.8. The fourth-order valence-electron chi connectivity index (χ4n) is 1.49. The summed E-state index contributed by atoms with van der Waals surface area (Å²) in [6.45, 7) is -0.480. The number of carbonyl (C=O) groups excluding carboxylic acids is 2. The number of halogens is 3. The Hall–Kier alpha value is -1.82. The van der Waals surface area contributed by atoms with Crippen LogP contribution in [0.1, 0.15) is 10.4 Å². The van der Waals surface area contributed by atoms with Crippen molar-refractivity contribution in [2.75, 3.05) is 11.9 Å². The molecule has 114 valence electrons. The second-order valence-corrected chi connectivity index (χ2v) is 5.39. The molecule has 5 nitrogen and oxygen atoms in total. The highest BCUT2D eigenvalue weighted by atomic mass is 35.5. The van der Waals surface area contributed by atoms with Gasteiger partial charge in [0.2, 0.25) is 0 Å². The summed E-state index contributed by atoms with van der Waals surface area (Å²) in [4.78, 5) is 27.4. The number of anilines is 1. The van der Waals surface area contributed by atoms with Crippen LogP contribution in [0.4, 0.5) is 5.82 Å². The molecule has 1 amide bonds. The van der Waals surface area contributed by atoms with E-state index in [9.17, 15) is 9.59 Å². The molecule has 0 radical (unpaired) electrons. The molecule has 0 fully saturated rings. The molecule has 22 heavy (non-hydrogen) atoms. The van der Waals surface area contributed by atoms with Gasteiger partial charge in [0, 0.05) is 11.2 Å². The van der Waals surface area contributed by atoms with E-state index in [0.29, 0.717) is 15.9 Å². The van der Waals surface area contributed by atoms with E-state index in [1.807, 2.05) is 0 Å². The Morgan fingerprint density at radius 1 is 1.09 bits per heavy atom. The van der Waals surface area contributed by atoms with Gasteiger partial charge in [0.25, 0.3) is 5.91 Å². The maximum Gasteiger partial charge on any atom is 0.340 e. The predicted molar refractivity (Wildman–Crippen MR) is 84.6 cm³/mol. The fraction of sp³-hybridized carbons (Fsp3) is 0.0714. The third kappa shape index (κ3) is 4.59. The summed E-state index contributed by atoms with van der Waals surface area (Å²) in [5.74, 6) is -0.987. The van der Waals surface area contributed by atoms with E-state index in [4.69, 9.17) is 39.5 Å². The summed E-state index contributed by atoms with van der Waals surface area (Å²) in [6, 6.07) is 7.47. The molecule has 8 heteroatoms. The number of nitrogens with zero attached hydrogens (tertiary/aromatic N) is 1. The molecule has 2 rings (SSSR count). The van der Waals surface area contributed by atoms with Gasteiger partial charge in [-0.25, -0.2) is 9.78 Å². The van der Waals surface area contributed by atoms with Crippen molar-refractivity contribution in [3.8, 4) is 0 Å². The van der Waals surface area contributed by atoms with Crippen molar-refractivity contribution in [2.45, 2.75) is 0 Å². The monoisotopic (exact) mass is 358 g/mol. The average molecular weight is 360 g/mol. The van der Waals surface area contributed by atoms with E-state index in [1.165, 1.54) is 24.4 Å². The number of esters is 1. The summed E-state index contributed by atoms with van der Waals surface area (Å²) < 4.78 is 4.87. The lowest BCUT2D eigenvalue weighted by Gasteiger charge is -2.07. The Morgan fingerprint density at radius 3 is 2.50 bits per heavy atom. The largest absolute Gasteiger partial charge is 0.452 e. The van der Waals surface area contributed by atoms with Crippen molar-refractivity contribution in [3.05, 3.63) is 57.2 Å². The number of benzene rings is 1. The van der Waals surface area contributed by atoms with Crippen LogP contribution < -0.4 is 5.32 Å². The highest BCUT2D eigenvalue weighted by Crippen LogP contribution is 2.21. The number of pyridine rings is 1. The van der Waals surface area contributed by atoms with Crippen LogP contribution in [0.5, 0.6) is 0 Å². The molecular weight excluding hydrogens is 351 g/mol. The minimum Gasteiger partial charge on any atom is -0.452 e. The molecule has 1 N–H and O–H groups in total. The van der Waals surface area contributed by atoms with Gasteiger partial charge in [0.05, 0.1) is 15.6 Å². The maximum absolute atomic E-state index is 11.8. The first-order valence-corrected chi connectivity index (χ1v) is 7.12. The van der Waals surface area contributed by atoms with Crippen LogP contribution in [0.2, 0.25) is 15.1 Å². The highest BCUT2D eigenvalue weighted by molar-refractivity contribution is 6.35. The fourth-order valence-corrected chi connectivity index (χ4v) is 1.97. The van der Waals surface area contributed by atoms with Gasteiger partial charge in [-0.05, 0) is 30.3 Å². The lowest BCUT2D eigenvalue weighted by molar-refractivity contribution is -0.119. The first kappa shape index (κ1) is 16.5. The molecule has 1 aromatic heterocycles. The van der Waals surface area contributed by atoms with Gasteiger partial charge in [0.15, 0.2) is 6.61 Å². The zero-order valence-corrected chi connectivity index (χ0v) is 13.2. The Kier molecular flexibility index (Phi) is 5.60. The van der Waals surface area contributed by atoms with Gasteiger partial charge >= 0.3 is 5.97 Å². The van der Waals surface area contributed by atoms with E-state index in [-0.39, 0.29) is 10.6 Å². The molecular formula is C14H9Cl3N2O3. The molecule has 0 aliphatic rings. The first-order chi connectivity index (χ1) is 10.5. The van der Waals surface area contributed by atoms with Crippen LogP contribution in [-0.2, 0) is 9.53 Å². The summed E-state index contributed by atoms with van der Waals surface area (Å²) in [6.07, 6.45) is 1.38. The van der Waals surface area contributed by atoms with Crippen LogP contribution in [0.15, 0.2) is 36.5 Å². The van der Waals surface area contributed by atoms with Crippen molar-refractivity contribution in [3.63, 3.8) is 0 Å². The number of aromatic nitrogens is 1. The highest BCUT2D eigenvalue weighted by Gasteiger charge is 2.14. The Morgan fingerprint density at radius 2 is 1.82 bits per heavy atom. The summed E-state index contributed by atoms with van der Waals surface area (Å²) in [5.41, 5.74) is 0.0894. The second-order valence-electron chi connectivity index (χ2n) is 4.11. The standard InChI is InChI=1S/C14H9Cl3N2O3/c15-8-1-3-11(17)10(5-8)14(21)22-7-13(20)19-12-4-2-9(16)6-18-12/h1-6H,7H2,(H,18,19,20). The molecule has 1 heterocycles. The molecule has 0 saturated carbocycles. The number of hydrogen-bond acceptors (Lipinski definition) is 4. The number of nitrogens with one attached hydrogen (secondary N) is 1. The van der Waals surface area contributed by atoms with E-state index in [1.54, 1.807) is 12.1 Å². The summed E-state index contributed by atoms with van der Waals surface area (Å²) in [7, 11) is 0. The van der Waals surface area contributed by atoms with E-state index in [0.717, 1.165) is 0 Å². The van der Waals surface area contributed by atoms with Crippen molar-refractivity contribution < 1.29 is 14.3 Å². The normalized spacial score (nSPS) is 10.1. The van der Waals surface area contributed by atoms with Crippen molar-refractivity contribution >= 4 is 52.5 Å². The van der Waals surface area contributed by atoms with Crippen molar-refractivity contribution in [2.24, 2.45) is 0 Å². The number of amides is 1. The van der Waals surface area contributed by atoms with Gasteiger partial charge in [0.1, 0.15) is 5.82 Å². The molecule has 0 aliphatic heterocycles. The second kappa shape index (κ2) is 7.45. The first-order valence-electron chi connectivity index (χ1n) is 5.99. The van der Waals surface area contributed by atoms with Crippen molar-refractivity contribution in [1.82, 2.24) is 4.98 Å². The molecule has 1 aromatic carbocycles. The molecule has 0 atom stereocenters. The van der Waals surface area contributed by atoms with Gasteiger partial charge in [-0.3, -0.25) is 4.79 Å². The molecule has 2 aromatic rings. The van der Waals surface area contributed by atoms with Crippen LogP contribution >= 0.6 is 34.8 Å². The Bertz CT molecular complexity index is 705. The van der Waals surface area contributed by atoms with Crippen molar-refractivity contribution in [1.29, 1.82) is 0 Å². The van der Waals surface area contributed by atoms with Gasteiger partial charge < -0.3 is 10.1 Å². The quantitative estimate of drug-likeness (QED) is 0.842. The van der Waals surface area contributed by atoms with Crippen LogP contribution in [0, 0.1) is 0 Å². The Labute approximate surface area is 141 Å². The third-order valence-electron chi connectivity index (χ3n) is 2.48. The molecule has 0 unspecified atom stereocenters. The number of hydrogen-bond donors (Lipinski definition) is 1. The zero-order chi connectivity index (χ0) is 16.1. The van der Waals surface area contributed by atoms with Gasteiger partial charge in [-0.2, -0.15) is 0 Å².